The van der Waals surface area contributed by atoms with Gasteiger partial charge in [0.25, 0.3) is 0 Å². The summed E-state index contributed by atoms with van der Waals surface area (Å²) in [4.78, 5) is 19.0. The molecule has 0 amide bonds. The molecule has 0 spiro atoms. The number of aromatic nitrogens is 6. The first kappa shape index (κ1) is 20.1. The number of rotatable bonds is 5. The van der Waals surface area contributed by atoms with Gasteiger partial charge in [0.2, 0.25) is 0 Å². The van der Waals surface area contributed by atoms with Crippen LogP contribution in [0.25, 0.3) is 33.2 Å². The number of hydrogen-bond acceptors (Lipinski definition) is 6. The Labute approximate surface area is 195 Å². The Morgan fingerprint density at radius 3 is 3.03 bits per heavy atom. The van der Waals surface area contributed by atoms with Gasteiger partial charge in [0, 0.05) is 54.3 Å². The molecule has 166 valence electrons. The Hall–Kier alpha value is -3.49. The monoisotopic (exact) mass is 458 g/mol. The predicted molar refractivity (Wildman–Crippen MR) is 130 cm³/mol. The quantitative estimate of drug-likeness (QED) is 0.412. The lowest BCUT2D eigenvalue weighted by Gasteiger charge is -2.23. The van der Waals surface area contributed by atoms with E-state index in [1.54, 1.807) is 6.33 Å². The van der Waals surface area contributed by atoms with Crippen LogP contribution in [0.15, 0.2) is 61.3 Å². The minimum Gasteiger partial charge on any atom is -0.356 e. The maximum atomic E-state index is 6.38. The second-order valence-electron chi connectivity index (χ2n) is 8.45. The van der Waals surface area contributed by atoms with Gasteiger partial charge in [0.15, 0.2) is 0 Å². The fourth-order valence-corrected chi connectivity index (χ4v) is 5.07. The molecule has 3 N–H and O–H groups in total. The first-order valence-corrected chi connectivity index (χ1v) is 11.4. The molecule has 0 saturated carbocycles. The second kappa shape index (κ2) is 8.13. The molecule has 1 aliphatic heterocycles. The van der Waals surface area contributed by atoms with Gasteiger partial charge in [-0.05, 0) is 30.7 Å². The molecular weight excluding hydrogens is 436 g/mol. The normalized spacial score (nSPS) is 17.3. The minimum atomic E-state index is 0.0938. The molecule has 0 bridgehead atoms. The Kier molecular flexibility index (Phi) is 4.96. The van der Waals surface area contributed by atoms with E-state index >= 15 is 0 Å². The van der Waals surface area contributed by atoms with E-state index in [1.165, 1.54) is 0 Å². The molecule has 0 aliphatic carbocycles. The Morgan fingerprint density at radius 2 is 2.12 bits per heavy atom. The fraction of sp³-hybridized carbons (Fsp3) is 0.250. The number of para-hydroxylation sites is 1. The third kappa shape index (κ3) is 3.51. The SMILES string of the molecule is NCC(C1CCN(c2ccc3cccc(Cl)c3n2)C1)n1cc(-c2ncnc3[nH]ccc23)cn1. The van der Waals surface area contributed by atoms with Gasteiger partial charge in [-0.25, -0.2) is 15.0 Å². The van der Waals surface area contributed by atoms with Crippen molar-refractivity contribution in [3.05, 3.63) is 66.3 Å². The van der Waals surface area contributed by atoms with Crippen molar-refractivity contribution in [3.63, 3.8) is 0 Å². The van der Waals surface area contributed by atoms with Crippen molar-refractivity contribution < 1.29 is 0 Å². The molecule has 5 heterocycles. The van der Waals surface area contributed by atoms with Crippen LogP contribution in [0.3, 0.4) is 0 Å². The molecule has 1 aromatic carbocycles. The molecule has 5 aromatic rings. The average molecular weight is 459 g/mol. The number of pyridine rings is 1. The van der Waals surface area contributed by atoms with Gasteiger partial charge in [-0.15, -0.1) is 0 Å². The summed E-state index contributed by atoms with van der Waals surface area (Å²) in [6.07, 6.45) is 8.37. The first-order chi connectivity index (χ1) is 16.2. The van der Waals surface area contributed by atoms with Gasteiger partial charge in [-0.1, -0.05) is 23.7 Å². The van der Waals surface area contributed by atoms with Gasteiger partial charge >= 0.3 is 0 Å². The molecule has 1 fully saturated rings. The molecular formula is C24H23ClN8. The largest absolute Gasteiger partial charge is 0.356 e. The number of halogens is 1. The van der Waals surface area contributed by atoms with Crippen LogP contribution in [0.4, 0.5) is 5.82 Å². The van der Waals surface area contributed by atoms with Crippen LogP contribution < -0.4 is 10.6 Å². The van der Waals surface area contributed by atoms with E-state index in [9.17, 15) is 0 Å². The predicted octanol–water partition coefficient (Wildman–Crippen LogP) is 4.05. The van der Waals surface area contributed by atoms with Crippen molar-refractivity contribution in [2.45, 2.75) is 12.5 Å². The molecule has 2 unspecified atom stereocenters. The molecule has 33 heavy (non-hydrogen) atoms. The number of benzene rings is 1. The Bertz CT molecular complexity index is 1440. The third-order valence-corrected chi connectivity index (χ3v) is 6.86. The van der Waals surface area contributed by atoms with Gasteiger partial charge in [-0.3, -0.25) is 4.68 Å². The maximum absolute atomic E-state index is 6.38. The van der Waals surface area contributed by atoms with Gasteiger partial charge in [-0.2, -0.15) is 5.10 Å². The molecule has 2 atom stereocenters. The van der Waals surface area contributed by atoms with Crippen LogP contribution in [0.5, 0.6) is 0 Å². The van der Waals surface area contributed by atoms with Crippen LogP contribution in [0.1, 0.15) is 12.5 Å². The van der Waals surface area contributed by atoms with Crippen LogP contribution in [-0.4, -0.2) is 49.4 Å². The zero-order valence-electron chi connectivity index (χ0n) is 17.9. The van der Waals surface area contributed by atoms with Crippen LogP contribution >= 0.6 is 11.6 Å². The van der Waals surface area contributed by atoms with Crippen molar-refractivity contribution in [2.24, 2.45) is 11.7 Å². The van der Waals surface area contributed by atoms with Crippen LogP contribution in [-0.2, 0) is 0 Å². The van der Waals surface area contributed by atoms with E-state index in [0.717, 1.165) is 58.5 Å². The number of nitrogens with one attached hydrogen (secondary N) is 1. The Morgan fingerprint density at radius 1 is 1.18 bits per heavy atom. The highest BCUT2D eigenvalue weighted by Crippen LogP contribution is 2.33. The topological polar surface area (TPSA) is 102 Å². The summed E-state index contributed by atoms with van der Waals surface area (Å²) in [6.45, 7) is 2.31. The highest BCUT2D eigenvalue weighted by atomic mass is 35.5. The lowest BCUT2D eigenvalue weighted by molar-refractivity contribution is 0.334. The van der Waals surface area contributed by atoms with Crippen LogP contribution in [0.2, 0.25) is 5.02 Å². The standard InChI is InChI=1S/C24H23ClN8/c25-19-3-1-2-15-4-5-21(31-23(15)19)32-9-7-16(12-32)20(10-26)33-13-17(11-30-33)22-18-6-8-27-24(18)29-14-28-22/h1-6,8,11,13-14,16,20H,7,9-10,12,26H2,(H,27,28,29). The molecule has 9 heteroatoms. The van der Waals surface area contributed by atoms with Crippen molar-refractivity contribution in [1.29, 1.82) is 0 Å². The summed E-state index contributed by atoms with van der Waals surface area (Å²) in [5.41, 5.74) is 9.73. The minimum absolute atomic E-state index is 0.0938. The zero-order valence-corrected chi connectivity index (χ0v) is 18.7. The number of nitrogens with zero attached hydrogens (tertiary/aromatic N) is 6. The molecule has 4 aromatic heterocycles. The van der Waals surface area contributed by atoms with Gasteiger partial charge in [0.1, 0.15) is 17.8 Å². The zero-order chi connectivity index (χ0) is 22.4. The van der Waals surface area contributed by atoms with Gasteiger partial charge < -0.3 is 15.6 Å². The van der Waals surface area contributed by atoms with E-state index < -0.39 is 0 Å². The van der Waals surface area contributed by atoms with Crippen molar-refractivity contribution in [3.8, 4) is 11.3 Å². The number of anilines is 1. The van der Waals surface area contributed by atoms with E-state index in [4.69, 9.17) is 22.3 Å². The van der Waals surface area contributed by atoms with Gasteiger partial charge in [0.05, 0.1) is 28.5 Å². The second-order valence-corrected chi connectivity index (χ2v) is 8.86. The Balaban J connectivity index is 1.25. The van der Waals surface area contributed by atoms with Crippen molar-refractivity contribution >= 4 is 39.4 Å². The molecule has 8 nitrogen and oxygen atoms in total. The molecule has 6 rings (SSSR count). The summed E-state index contributed by atoms with van der Waals surface area (Å²) < 4.78 is 1.99. The smallest absolute Gasteiger partial charge is 0.141 e. The first-order valence-electron chi connectivity index (χ1n) is 11.0. The van der Waals surface area contributed by atoms with E-state index in [2.05, 4.69) is 37.1 Å². The maximum Gasteiger partial charge on any atom is 0.141 e. The fourth-order valence-electron chi connectivity index (χ4n) is 4.85. The van der Waals surface area contributed by atoms with E-state index in [1.807, 2.05) is 47.5 Å². The number of aromatic amines is 1. The molecule has 0 radical (unpaired) electrons. The lowest BCUT2D eigenvalue weighted by atomic mass is 9.99. The third-order valence-electron chi connectivity index (χ3n) is 6.56. The number of H-pyrrole nitrogens is 1. The van der Waals surface area contributed by atoms with Crippen molar-refractivity contribution in [2.75, 3.05) is 24.5 Å². The summed E-state index contributed by atoms with van der Waals surface area (Å²) in [5, 5.41) is 7.37. The lowest BCUT2D eigenvalue weighted by Crippen LogP contribution is -2.30. The van der Waals surface area contributed by atoms with Crippen molar-refractivity contribution in [1.82, 2.24) is 29.7 Å². The molecule has 1 aliphatic rings. The number of fused-ring (bicyclic) bond motifs is 2. The summed E-state index contributed by atoms with van der Waals surface area (Å²) in [6, 6.07) is 12.1. The number of hydrogen-bond donors (Lipinski definition) is 2. The highest BCUT2D eigenvalue weighted by Gasteiger charge is 2.31. The highest BCUT2D eigenvalue weighted by molar-refractivity contribution is 6.35. The summed E-state index contributed by atoms with van der Waals surface area (Å²) in [5.74, 6) is 1.31. The summed E-state index contributed by atoms with van der Waals surface area (Å²) >= 11 is 6.38. The molecule has 1 saturated heterocycles. The summed E-state index contributed by atoms with van der Waals surface area (Å²) in [7, 11) is 0. The van der Waals surface area contributed by atoms with E-state index in [-0.39, 0.29) is 6.04 Å². The average Bonchev–Trinajstić information content (AvgIpc) is 3.61. The number of nitrogens with two attached hydrogens (primary N) is 1. The van der Waals surface area contributed by atoms with E-state index in [0.29, 0.717) is 17.5 Å². The van der Waals surface area contributed by atoms with Crippen LogP contribution in [0, 0.1) is 5.92 Å².